The Morgan fingerprint density at radius 1 is 0.630 bits per heavy atom. The molecule has 0 aliphatic heterocycles. The first-order chi connectivity index (χ1) is 22.2. The monoisotopic (exact) mass is 626 g/mol. The van der Waals surface area contributed by atoms with Gasteiger partial charge in [-0.25, -0.2) is 9.59 Å². The predicted molar refractivity (Wildman–Crippen MR) is 186 cm³/mol. The fourth-order valence-corrected chi connectivity index (χ4v) is 5.12. The predicted octanol–water partition coefficient (Wildman–Crippen LogP) is 8.62. The number of rotatable bonds is 20. The van der Waals surface area contributed by atoms with Crippen molar-refractivity contribution >= 4 is 11.9 Å². The first-order valence-corrected chi connectivity index (χ1v) is 16.5. The van der Waals surface area contributed by atoms with Gasteiger partial charge in [0.25, 0.3) is 0 Å². The van der Waals surface area contributed by atoms with Crippen molar-refractivity contribution in [3.8, 4) is 28.0 Å². The van der Waals surface area contributed by atoms with Crippen molar-refractivity contribution in [2.24, 2.45) is 0 Å². The Morgan fingerprint density at radius 2 is 1.11 bits per heavy atom. The fraction of sp³-hybridized carbons (Fsp3) is 0.400. The molecule has 6 nitrogen and oxygen atoms in total. The van der Waals surface area contributed by atoms with Gasteiger partial charge in [0.15, 0.2) is 0 Å². The second-order valence-corrected chi connectivity index (χ2v) is 11.8. The van der Waals surface area contributed by atoms with Crippen molar-refractivity contribution in [3.63, 3.8) is 0 Å². The average Bonchev–Trinajstić information content (AvgIpc) is 3.06. The summed E-state index contributed by atoms with van der Waals surface area (Å²) in [5, 5.41) is 9.39. The number of aryl methyl sites for hydroxylation is 3. The summed E-state index contributed by atoms with van der Waals surface area (Å²) in [6.07, 6.45) is 7.81. The molecule has 3 aromatic rings. The highest BCUT2D eigenvalue weighted by Crippen LogP contribution is 2.34. The number of ether oxygens (including phenoxy) is 3. The number of hydrogen-bond acceptors (Lipinski definition) is 6. The minimum atomic E-state index is -0.399. The second-order valence-electron chi connectivity index (χ2n) is 11.8. The van der Waals surface area contributed by atoms with Crippen LogP contribution in [-0.2, 0) is 38.3 Å². The van der Waals surface area contributed by atoms with E-state index in [4.69, 9.17) is 14.2 Å². The molecule has 1 N–H and O–H groups in total. The van der Waals surface area contributed by atoms with Gasteiger partial charge in [-0.15, -0.1) is 0 Å². The van der Waals surface area contributed by atoms with Crippen LogP contribution in [0.2, 0.25) is 0 Å². The smallest absolute Gasteiger partial charge is 0.333 e. The Morgan fingerprint density at radius 3 is 1.57 bits per heavy atom. The van der Waals surface area contributed by atoms with Crippen molar-refractivity contribution in [3.05, 3.63) is 102 Å². The van der Waals surface area contributed by atoms with Crippen molar-refractivity contribution in [2.75, 3.05) is 26.4 Å². The summed E-state index contributed by atoms with van der Waals surface area (Å²) in [4.78, 5) is 23.8. The van der Waals surface area contributed by atoms with Crippen LogP contribution in [0.25, 0.3) is 22.3 Å². The lowest BCUT2D eigenvalue weighted by molar-refractivity contribution is -0.139. The molecule has 0 bridgehead atoms. The molecule has 3 rings (SSSR count). The Hall–Kier alpha value is -4.16. The lowest BCUT2D eigenvalue weighted by Crippen LogP contribution is -2.10. The highest BCUT2D eigenvalue weighted by Gasteiger charge is 2.15. The summed E-state index contributed by atoms with van der Waals surface area (Å²) in [5.41, 5.74) is 8.59. The maximum absolute atomic E-state index is 11.9. The van der Waals surface area contributed by atoms with Gasteiger partial charge in [0.1, 0.15) is 5.75 Å². The van der Waals surface area contributed by atoms with Crippen LogP contribution < -0.4 is 4.74 Å². The summed E-state index contributed by atoms with van der Waals surface area (Å²) in [7, 11) is 0. The van der Waals surface area contributed by atoms with Gasteiger partial charge < -0.3 is 19.3 Å². The van der Waals surface area contributed by atoms with E-state index in [1.165, 1.54) is 30.4 Å². The van der Waals surface area contributed by atoms with Crippen LogP contribution in [0.5, 0.6) is 5.75 Å². The van der Waals surface area contributed by atoms with Crippen molar-refractivity contribution < 1.29 is 28.9 Å². The Labute approximate surface area is 275 Å². The molecule has 0 unspecified atom stereocenters. The highest BCUT2D eigenvalue weighted by molar-refractivity contribution is 5.87. The maximum atomic E-state index is 11.9. The zero-order chi connectivity index (χ0) is 33.3. The van der Waals surface area contributed by atoms with E-state index in [2.05, 4.69) is 80.7 Å². The normalized spacial score (nSPS) is 10.8. The summed E-state index contributed by atoms with van der Waals surface area (Å²) in [5.74, 6) is -0.0286. The molecule has 3 aromatic carbocycles. The van der Waals surface area contributed by atoms with Crippen LogP contribution >= 0.6 is 0 Å². The van der Waals surface area contributed by atoms with Crippen LogP contribution in [-0.4, -0.2) is 43.5 Å². The van der Waals surface area contributed by atoms with E-state index in [1.54, 1.807) is 13.8 Å². The summed E-state index contributed by atoms with van der Waals surface area (Å²) in [6.45, 7) is 13.7. The molecule has 0 spiro atoms. The minimum Gasteiger partial charge on any atom is -0.493 e. The molecule has 0 aliphatic rings. The number of benzene rings is 3. The molecule has 0 aliphatic carbocycles. The van der Waals surface area contributed by atoms with E-state index in [9.17, 15) is 14.7 Å². The summed E-state index contributed by atoms with van der Waals surface area (Å²) < 4.78 is 16.9. The van der Waals surface area contributed by atoms with E-state index < -0.39 is 11.9 Å². The third kappa shape index (κ3) is 11.6. The number of carbonyl (C=O) groups excluding carboxylic acids is 2. The number of esters is 2. The average molecular weight is 627 g/mol. The third-order valence-corrected chi connectivity index (χ3v) is 7.71. The highest BCUT2D eigenvalue weighted by atomic mass is 16.5. The molecule has 0 heterocycles. The van der Waals surface area contributed by atoms with Gasteiger partial charge in [-0.3, -0.25) is 0 Å². The Kier molecular flexibility index (Phi) is 15.3. The summed E-state index contributed by atoms with van der Waals surface area (Å²) >= 11 is 0. The van der Waals surface area contributed by atoms with Gasteiger partial charge in [-0.05, 0) is 103 Å². The van der Waals surface area contributed by atoms with E-state index in [0.29, 0.717) is 49.9 Å². The molecule has 0 saturated carbocycles. The van der Waals surface area contributed by atoms with Crippen molar-refractivity contribution in [2.45, 2.75) is 78.6 Å². The minimum absolute atomic E-state index is 0.0321. The lowest BCUT2D eigenvalue weighted by atomic mass is 9.93. The number of hydrogen-bond donors (Lipinski definition) is 1. The molecule has 0 radical (unpaired) electrons. The molecule has 0 aromatic heterocycles. The first-order valence-electron chi connectivity index (χ1n) is 16.5. The van der Waals surface area contributed by atoms with Gasteiger partial charge in [0, 0.05) is 24.2 Å². The van der Waals surface area contributed by atoms with Crippen LogP contribution in [0.1, 0.15) is 76.0 Å². The second kappa shape index (κ2) is 19.4. The molecule has 6 heteroatoms. The van der Waals surface area contributed by atoms with Crippen LogP contribution in [0.4, 0.5) is 0 Å². The van der Waals surface area contributed by atoms with E-state index >= 15 is 0 Å². The van der Waals surface area contributed by atoms with Crippen LogP contribution in [0.3, 0.4) is 0 Å². The van der Waals surface area contributed by atoms with E-state index in [-0.39, 0.29) is 19.8 Å². The quantitative estimate of drug-likeness (QED) is 0.0768. The number of aliphatic hydroxyl groups excluding tert-OH is 1. The summed E-state index contributed by atoms with van der Waals surface area (Å²) in [6, 6.07) is 21.7. The topological polar surface area (TPSA) is 82.1 Å². The third-order valence-electron chi connectivity index (χ3n) is 7.71. The zero-order valence-corrected chi connectivity index (χ0v) is 27.9. The molecule has 0 amide bonds. The van der Waals surface area contributed by atoms with Gasteiger partial charge >= 0.3 is 11.9 Å². The number of unbranched alkanes of at least 4 members (excludes halogenated alkanes) is 2. The van der Waals surface area contributed by atoms with E-state index in [0.717, 1.165) is 40.0 Å². The zero-order valence-electron chi connectivity index (χ0n) is 27.9. The molecular formula is C40H50O6. The lowest BCUT2D eigenvalue weighted by Gasteiger charge is -2.19. The van der Waals surface area contributed by atoms with E-state index in [1.807, 2.05) is 0 Å². The Bertz CT molecular complexity index is 1380. The molecule has 0 atom stereocenters. The molecule has 246 valence electrons. The van der Waals surface area contributed by atoms with Gasteiger partial charge in [0.05, 0.1) is 19.8 Å². The largest absolute Gasteiger partial charge is 0.493 e. The SMILES string of the molecule is C=C(C)C(=O)OCCCc1cc(-c2ccc(-c3ccc(CCCCC)cc3)cc2)cc(CCCOC(=O)C(=C)C)c1OCCCO. The standard InChI is InChI=1S/C40H50O6/c1-6-7-8-12-31-15-17-32(18-16-31)33-19-21-34(22-20-33)37-27-35(13-9-24-45-39(42)29(2)3)38(44-26-11-23-41)36(28-37)14-10-25-46-40(43)30(4)5/h15-22,27-28,41H,2,4,6-14,23-26H2,1,3,5H3. The van der Waals surface area contributed by atoms with Gasteiger partial charge in [-0.1, -0.05) is 81.5 Å². The van der Waals surface area contributed by atoms with Gasteiger partial charge in [-0.2, -0.15) is 0 Å². The number of carbonyl (C=O) groups is 2. The number of aliphatic hydroxyl groups is 1. The van der Waals surface area contributed by atoms with Gasteiger partial charge in [0.2, 0.25) is 0 Å². The van der Waals surface area contributed by atoms with Crippen molar-refractivity contribution in [1.29, 1.82) is 0 Å². The van der Waals surface area contributed by atoms with Crippen LogP contribution in [0, 0.1) is 0 Å². The molecular weight excluding hydrogens is 576 g/mol. The molecule has 0 fully saturated rings. The fourth-order valence-electron chi connectivity index (χ4n) is 5.12. The van der Waals surface area contributed by atoms with Crippen molar-refractivity contribution in [1.82, 2.24) is 0 Å². The maximum Gasteiger partial charge on any atom is 0.333 e. The molecule has 0 saturated heterocycles. The first kappa shape index (κ1) is 36.3. The van der Waals surface area contributed by atoms with Crippen LogP contribution in [0.15, 0.2) is 85.0 Å². The Balaban J connectivity index is 1.88. The molecule has 46 heavy (non-hydrogen) atoms.